The van der Waals surface area contributed by atoms with Gasteiger partial charge in [-0.05, 0) is 6.42 Å². The molecule has 1 fully saturated rings. The van der Waals surface area contributed by atoms with Crippen LogP contribution < -0.4 is 5.32 Å². The zero-order valence-electron chi connectivity index (χ0n) is 11.6. The number of aromatic nitrogens is 2. The zero-order valence-corrected chi connectivity index (χ0v) is 11.6. The lowest BCUT2D eigenvalue weighted by Gasteiger charge is -2.31. The molecular weight excluding hydrogens is 260 g/mol. The van der Waals surface area contributed by atoms with Gasteiger partial charge in [-0.3, -0.25) is 9.78 Å². The second kappa shape index (κ2) is 7.16. The van der Waals surface area contributed by atoms with Gasteiger partial charge in [0.1, 0.15) is 11.5 Å². The maximum Gasteiger partial charge on any atom is 0.274 e. The summed E-state index contributed by atoms with van der Waals surface area (Å²) >= 11 is 0. The number of anilines is 1. The van der Waals surface area contributed by atoms with E-state index in [4.69, 9.17) is 9.84 Å². The number of aliphatic hydroxyl groups is 1. The van der Waals surface area contributed by atoms with E-state index in [-0.39, 0.29) is 18.6 Å². The van der Waals surface area contributed by atoms with Crippen LogP contribution in [0.4, 0.5) is 5.82 Å². The van der Waals surface area contributed by atoms with Crippen molar-refractivity contribution in [2.75, 3.05) is 38.2 Å². The summed E-state index contributed by atoms with van der Waals surface area (Å²) in [4.78, 5) is 22.3. The number of amides is 1. The van der Waals surface area contributed by atoms with Gasteiger partial charge in [-0.25, -0.2) is 4.98 Å². The molecule has 1 aromatic heterocycles. The maximum absolute atomic E-state index is 12.3. The van der Waals surface area contributed by atoms with E-state index in [2.05, 4.69) is 22.2 Å². The summed E-state index contributed by atoms with van der Waals surface area (Å²) < 4.78 is 5.33. The van der Waals surface area contributed by atoms with Gasteiger partial charge in [-0.15, -0.1) is 0 Å². The average Bonchev–Trinajstić information content (AvgIpc) is 2.52. The van der Waals surface area contributed by atoms with Gasteiger partial charge >= 0.3 is 0 Å². The second-order valence-electron chi connectivity index (χ2n) is 4.64. The third-order valence-electron chi connectivity index (χ3n) is 3.04. The smallest absolute Gasteiger partial charge is 0.274 e. The molecule has 1 aliphatic rings. The Kier molecular flexibility index (Phi) is 5.25. The van der Waals surface area contributed by atoms with Crippen molar-refractivity contribution in [1.29, 1.82) is 0 Å². The first kappa shape index (κ1) is 14.7. The molecule has 1 aromatic rings. The number of hydrogen-bond acceptors (Lipinski definition) is 6. The molecule has 1 unspecified atom stereocenters. The van der Waals surface area contributed by atoms with E-state index < -0.39 is 0 Å². The van der Waals surface area contributed by atoms with Crippen molar-refractivity contribution in [2.45, 2.75) is 19.4 Å². The second-order valence-corrected chi connectivity index (χ2v) is 4.64. The molecule has 7 nitrogen and oxygen atoms in total. The lowest BCUT2D eigenvalue weighted by molar-refractivity contribution is -0.0448. The van der Waals surface area contributed by atoms with E-state index in [1.165, 1.54) is 6.20 Å². The van der Waals surface area contributed by atoms with Crippen LogP contribution in [0.25, 0.3) is 0 Å². The molecule has 7 heteroatoms. The molecule has 1 aliphatic heterocycles. The highest BCUT2D eigenvalue weighted by Gasteiger charge is 2.25. The van der Waals surface area contributed by atoms with Crippen molar-refractivity contribution in [1.82, 2.24) is 14.9 Å². The number of rotatable bonds is 5. The molecule has 0 spiro atoms. The number of carbonyl (C=O) groups is 1. The van der Waals surface area contributed by atoms with Crippen LogP contribution >= 0.6 is 0 Å². The Bertz CT molecular complexity index is 455. The van der Waals surface area contributed by atoms with Crippen molar-refractivity contribution in [2.24, 2.45) is 0 Å². The van der Waals surface area contributed by atoms with Crippen molar-refractivity contribution < 1.29 is 14.6 Å². The van der Waals surface area contributed by atoms with E-state index in [0.717, 1.165) is 13.0 Å². The van der Waals surface area contributed by atoms with Crippen LogP contribution in [0.1, 0.15) is 23.8 Å². The SMILES string of the molecule is CCCNc1cncc(C(=O)N2CCOC(CO)C2)n1. The maximum atomic E-state index is 12.3. The lowest BCUT2D eigenvalue weighted by Crippen LogP contribution is -2.47. The van der Waals surface area contributed by atoms with E-state index in [1.54, 1.807) is 11.1 Å². The Morgan fingerprint density at radius 1 is 1.60 bits per heavy atom. The lowest BCUT2D eigenvalue weighted by atomic mass is 10.2. The summed E-state index contributed by atoms with van der Waals surface area (Å²) in [6, 6.07) is 0. The number of aliphatic hydroxyl groups excluding tert-OH is 1. The molecule has 1 saturated heterocycles. The Hall–Kier alpha value is -1.73. The van der Waals surface area contributed by atoms with Gasteiger partial charge in [0, 0.05) is 19.6 Å². The minimum Gasteiger partial charge on any atom is -0.394 e. The van der Waals surface area contributed by atoms with Crippen LogP contribution in [-0.2, 0) is 4.74 Å². The minimum absolute atomic E-state index is 0.0897. The standard InChI is InChI=1S/C13H20N4O3/c1-2-3-15-12-7-14-6-11(16-12)13(19)17-4-5-20-10(8-17)9-18/h6-7,10,18H,2-5,8-9H2,1H3,(H,15,16). The summed E-state index contributed by atoms with van der Waals surface area (Å²) in [5, 5.41) is 12.2. The molecule has 1 atom stereocenters. The largest absolute Gasteiger partial charge is 0.394 e. The van der Waals surface area contributed by atoms with E-state index in [0.29, 0.717) is 31.2 Å². The number of hydrogen-bond donors (Lipinski definition) is 2. The predicted octanol–water partition coefficient (Wildman–Crippen LogP) is 0.132. The normalized spacial score (nSPS) is 18.9. The van der Waals surface area contributed by atoms with Crippen LogP contribution in [0, 0.1) is 0 Å². The molecule has 0 aromatic carbocycles. The van der Waals surface area contributed by atoms with Gasteiger partial charge in [0.15, 0.2) is 0 Å². The molecule has 110 valence electrons. The van der Waals surface area contributed by atoms with Crippen LogP contribution in [0.2, 0.25) is 0 Å². The first-order valence-electron chi connectivity index (χ1n) is 6.82. The highest BCUT2D eigenvalue weighted by atomic mass is 16.5. The summed E-state index contributed by atoms with van der Waals surface area (Å²) in [5.74, 6) is 0.420. The highest BCUT2D eigenvalue weighted by molar-refractivity contribution is 5.92. The quantitative estimate of drug-likeness (QED) is 0.797. The van der Waals surface area contributed by atoms with Crippen molar-refractivity contribution >= 4 is 11.7 Å². The van der Waals surface area contributed by atoms with Crippen LogP contribution in [0.5, 0.6) is 0 Å². The summed E-state index contributed by atoms with van der Waals surface area (Å²) in [6.45, 7) is 4.06. The van der Waals surface area contributed by atoms with Crippen molar-refractivity contribution in [3.05, 3.63) is 18.1 Å². The first-order valence-corrected chi connectivity index (χ1v) is 6.82. The fourth-order valence-electron chi connectivity index (χ4n) is 1.98. The van der Waals surface area contributed by atoms with Gasteiger partial charge in [0.25, 0.3) is 5.91 Å². The van der Waals surface area contributed by atoms with E-state index in [1.807, 2.05) is 0 Å². The molecule has 20 heavy (non-hydrogen) atoms. The molecule has 0 bridgehead atoms. The topological polar surface area (TPSA) is 87.6 Å². The van der Waals surface area contributed by atoms with Crippen molar-refractivity contribution in [3.8, 4) is 0 Å². The minimum atomic E-state index is -0.318. The van der Waals surface area contributed by atoms with Crippen molar-refractivity contribution in [3.63, 3.8) is 0 Å². The number of nitrogens with zero attached hydrogens (tertiary/aromatic N) is 3. The monoisotopic (exact) mass is 280 g/mol. The molecule has 0 radical (unpaired) electrons. The molecule has 2 heterocycles. The summed E-state index contributed by atoms with van der Waals surface area (Å²) in [7, 11) is 0. The summed E-state index contributed by atoms with van der Waals surface area (Å²) in [5.41, 5.74) is 0.310. The zero-order chi connectivity index (χ0) is 14.4. The molecule has 2 N–H and O–H groups in total. The fraction of sp³-hybridized carbons (Fsp3) is 0.615. The molecule has 0 aliphatic carbocycles. The Morgan fingerprint density at radius 3 is 3.20 bits per heavy atom. The van der Waals surface area contributed by atoms with E-state index >= 15 is 0 Å². The number of carbonyl (C=O) groups excluding carboxylic acids is 1. The van der Waals surface area contributed by atoms with Crippen LogP contribution in [0.3, 0.4) is 0 Å². The Balaban J connectivity index is 2.04. The summed E-state index contributed by atoms with van der Waals surface area (Å²) in [6.07, 6.45) is 3.72. The molecule has 2 rings (SSSR count). The van der Waals surface area contributed by atoms with Gasteiger partial charge in [0.05, 0.1) is 31.7 Å². The average molecular weight is 280 g/mol. The Labute approximate surface area is 118 Å². The number of ether oxygens (including phenoxy) is 1. The van der Waals surface area contributed by atoms with Gasteiger partial charge in [-0.2, -0.15) is 0 Å². The van der Waals surface area contributed by atoms with E-state index in [9.17, 15) is 4.79 Å². The Morgan fingerprint density at radius 2 is 2.45 bits per heavy atom. The predicted molar refractivity (Wildman–Crippen MR) is 73.5 cm³/mol. The van der Waals surface area contributed by atoms with Crippen LogP contribution in [0.15, 0.2) is 12.4 Å². The van der Waals surface area contributed by atoms with Crippen LogP contribution in [-0.4, -0.2) is 64.8 Å². The van der Waals surface area contributed by atoms with Gasteiger partial charge < -0.3 is 20.1 Å². The first-order chi connectivity index (χ1) is 9.74. The van der Waals surface area contributed by atoms with Gasteiger partial charge in [0.2, 0.25) is 0 Å². The molecule has 1 amide bonds. The highest BCUT2D eigenvalue weighted by Crippen LogP contribution is 2.10. The molecular formula is C13H20N4O3. The van der Waals surface area contributed by atoms with Gasteiger partial charge in [-0.1, -0.05) is 6.92 Å². The molecule has 0 saturated carbocycles. The number of nitrogens with one attached hydrogen (secondary N) is 1. The fourth-order valence-corrected chi connectivity index (χ4v) is 1.98. The number of morpholine rings is 1. The third-order valence-corrected chi connectivity index (χ3v) is 3.04. The third kappa shape index (κ3) is 3.64.